The Kier molecular flexibility index (Phi) is 10.2. The lowest BCUT2D eigenvalue weighted by Gasteiger charge is -2.36. The molecule has 0 unspecified atom stereocenters. The Labute approximate surface area is 266 Å². The van der Waals surface area contributed by atoms with E-state index in [1.807, 2.05) is 78.9 Å². The van der Waals surface area contributed by atoms with Crippen LogP contribution in [0.15, 0.2) is 115 Å². The molecule has 9 nitrogen and oxygen atoms in total. The van der Waals surface area contributed by atoms with E-state index >= 15 is 0 Å². The third-order valence-corrected chi connectivity index (χ3v) is 8.61. The fourth-order valence-corrected chi connectivity index (χ4v) is 5.97. The van der Waals surface area contributed by atoms with Gasteiger partial charge in [0.05, 0.1) is 18.8 Å². The van der Waals surface area contributed by atoms with Gasteiger partial charge in [0.15, 0.2) is 11.4 Å². The first kappa shape index (κ1) is 30.5. The minimum atomic E-state index is -0.541. The fourth-order valence-electron chi connectivity index (χ4n) is 5.18. The molecule has 3 atom stereocenters. The molecule has 2 heterocycles. The van der Waals surface area contributed by atoms with Gasteiger partial charge in [-0.1, -0.05) is 109 Å². The standard InChI is InChI=1S/C35H35N5O4S/c41-21-25-9-11-28(12-10-25)32-18-31(22-45-35-38-23-39-40-35)43-33(44-32)29-15-13-27(14-16-29)30-8-4-7-26(17-30)20-37-34(42)36-19-24-5-2-1-3-6-24/h1-17,23,31-33,41H,18-22H2,(H2,36,37,42)(H,38,39,40)/t31-,32+,33+/m1/s1. The highest BCUT2D eigenvalue weighted by molar-refractivity contribution is 7.99. The smallest absolute Gasteiger partial charge is 0.315 e. The van der Waals surface area contributed by atoms with E-state index < -0.39 is 6.29 Å². The number of nitrogens with one attached hydrogen (secondary N) is 3. The van der Waals surface area contributed by atoms with E-state index in [0.717, 1.165) is 44.1 Å². The zero-order chi connectivity index (χ0) is 30.8. The van der Waals surface area contributed by atoms with Gasteiger partial charge >= 0.3 is 6.03 Å². The van der Waals surface area contributed by atoms with Crippen LogP contribution in [0.2, 0.25) is 0 Å². The number of rotatable bonds is 11. The van der Waals surface area contributed by atoms with Gasteiger partial charge < -0.3 is 25.2 Å². The van der Waals surface area contributed by atoms with Crippen molar-refractivity contribution in [2.75, 3.05) is 5.75 Å². The van der Waals surface area contributed by atoms with Crippen LogP contribution in [-0.4, -0.2) is 38.2 Å². The van der Waals surface area contributed by atoms with Crippen molar-refractivity contribution in [3.05, 3.63) is 137 Å². The van der Waals surface area contributed by atoms with Crippen LogP contribution in [0.5, 0.6) is 0 Å². The van der Waals surface area contributed by atoms with Gasteiger partial charge in [0.1, 0.15) is 6.33 Å². The molecule has 0 bridgehead atoms. The molecule has 1 fully saturated rings. The lowest BCUT2D eigenvalue weighted by atomic mass is 9.99. The fraction of sp³-hybridized carbons (Fsp3) is 0.229. The van der Waals surface area contributed by atoms with E-state index in [1.165, 1.54) is 6.33 Å². The first-order valence-electron chi connectivity index (χ1n) is 14.9. The summed E-state index contributed by atoms with van der Waals surface area (Å²) < 4.78 is 12.9. The second-order valence-electron chi connectivity index (χ2n) is 10.8. The summed E-state index contributed by atoms with van der Waals surface area (Å²) >= 11 is 1.57. The average molecular weight is 622 g/mol. The number of amides is 2. The molecule has 4 aromatic carbocycles. The van der Waals surface area contributed by atoms with Crippen LogP contribution in [-0.2, 0) is 29.2 Å². The van der Waals surface area contributed by atoms with Crippen LogP contribution in [0.4, 0.5) is 4.79 Å². The van der Waals surface area contributed by atoms with E-state index in [0.29, 0.717) is 25.3 Å². The van der Waals surface area contributed by atoms with Gasteiger partial charge in [0.25, 0.3) is 0 Å². The summed E-state index contributed by atoms with van der Waals surface area (Å²) in [7, 11) is 0. The van der Waals surface area contributed by atoms with E-state index in [-0.39, 0.29) is 24.8 Å². The third kappa shape index (κ3) is 8.37. The van der Waals surface area contributed by atoms with Crippen LogP contribution < -0.4 is 10.6 Å². The van der Waals surface area contributed by atoms with Gasteiger partial charge in [-0.25, -0.2) is 9.78 Å². The summed E-state index contributed by atoms with van der Waals surface area (Å²) in [6.45, 7) is 0.902. The Morgan fingerprint density at radius 1 is 0.822 bits per heavy atom. The Bertz CT molecular complexity index is 1650. The molecule has 1 aliphatic heterocycles. The summed E-state index contributed by atoms with van der Waals surface area (Å²) in [6.07, 6.45) is 1.42. The monoisotopic (exact) mass is 621 g/mol. The minimum absolute atomic E-state index is 0.00381. The molecular formula is C35H35N5O4S. The Morgan fingerprint density at radius 3 is 2.29 bits per heavy atom. The largest absolute Gasteiger partial charge is 0.392 e. The lowest BCUT2D eigenvalue weighted by molar-refractivity contribution is -0.245. The van der Waals surface area contributed by atoms with Gasteiger partial charge in [-0.2, -0.15) is 5.10 Å². The average Bonchev–Trinajstić information content (AvgIpc) is 3.63. The Balaban J connectivity index is 1.10. The number of hydrogen-bond donors (Lipinski definition) is 4. The SMILES string of the molecule is O=C(NCc1ccccc1)NCc1cccc(-c2ccc([C@H]3O[C@@H](CSc4ncn[nH]4)C[C@@H](c4ccc(CO)cc4)O3)cc2)c1. The van der Waals surface area contributed by atoms with Crippen LogP contribution in [0.3, 0.4) is 0 Å². The number of H-pyrrole nitrogens is 1. The van der Waals surface area contributed by atoms with Crippen molar-refractivity contribution in [3.63, 3.8) is 0 Å². The number of aromatic amines is 1. The second kappa shape index (κ2) is 15.0. The van der Waals surface area contributed by atoms with Crippen LogP contribution >= 0.6 is 11.8 Å². The molecule has 230 valence electrons. The topological polar surface area (TPSA) is 121 Å². The minimum Gasteiger partial charge on any atom is -0.392 e. The third-order valence-electron chi connectivity index (χ3n) is 7.61. The summed E-state index contributed by atoms with van der Waals surface area (Å²) in [4.78, 5) is 16.6. The van der Waals surface area contributed by atoms with Crippen molar-refractivity contribution in [1.29, 1.82) is 0 Å². The first-order chi connectivity index (χ1) is 22.1. The highest BCUT2D eigenvalue weighted by Gasteiger charge is 2.32. The number of carbonyl (C=O) groups is 1. The van der Waals surface area contributed by atoms with E-state index in [1.54, 1.807) is 11.8 Å². The first-order valence-corrected chi connectivity index (χ1v) is 15.8. The van der Waals surface area contributed by atoms with Gasteiger partial charge in [-0.05, 0) is 39.4 Å². The van der Waals surface area contributed by atoms with Gasteiger partial charge in [0, 0.05) is 30.8 Å². The lowest BCUT2D eigenvalue weighted by Crippen LogP contribution is -2.34. The number of urea groups is 1. The predicted molar refractivity (Wildman–Crippen MR) is 173 cm³/mol. The molecule has 4 N–H and O–H groups in total. The molecule has 1 aliphatic rings. The van der Waals surface area contributed by atoms with Crippen LogP contribution in [0.25, 0.3) is 11.1 Å². The summed E-state index contributed by atoms with van der Waals surface area (Å²) in [5.74, 6) is 0.698. The quantitative estimate of drug-likeness (QED) is 0.128. The van der Waals surface area contributed by atoms with Gasteiger partial charge in [-0.15, -0.1) is 0 Å². The molecule has 45 heavy (non-hydrogen) atoms. The summed E-state index contributed by atoms with van der Waals surface area (Å²) in [5, 5.41) is 22.9. The normalized spacial score (nSPS) is 17.9. The molecule has 10 heteroatoms. The van der Waals surface area contributed by atoms with Crippen molar-refractivity contribution in [2.45, 2.75) is 49.8 Å². The predicted octanol–water partition coefficient (Wildman–Crippen LogP) is 6.30. The molecule has 5 aromatic rings. The second-order valence-corrected chi connectivity index (χ2v) is 11.8. The van der Waals surface area contributed by atoms with Crippen molar-refractivity contribution >= 4 is 17.8 Å². The van der Waals surface area contributed by atoms with E-state index in [2.05, 4.69) is 50.1 Å². The Hall–Kier alpha value is -4.48. The zero-order valence-corrected chi connectivity index (χ0v) is 25.5. The highest BCUT2D eigenvalue weighted by atomic mass is 32.2. The van der Waals surface area contributed by atoms with Crippen molar-refractivity contribution in [1.82, 2.24) is 25.8 Å². The van der Waals surface area contributed by atoms with E-state index in [9.17, 15) is 9.90 Å². The number of ether oxygens (including phenoxy) is 2. The number of benzene rings is 4. The molecule has 1 aromatic heterocycles. The zero-order valence-electron chi connectivity index (χ0n) is 24.6. The molecule has 0 saturated carbocycles. The summed E-state index contributed by atoms with van der Waals surface area (Å²) in [5.41, 5.74) is 7.01. The maximum Gasteiger partial charge on any atom is 0.315 e. The molecular weight excluding hydrogens is 586 g/mol. The molecule has 0 spiro atoms. The van der Waals surface area contributed by atoms with Gasteiger partial charge in [0.2, 0.25) is 0 Å². The number of aliphatic hydroxyl groups excluding tert-OH is 1. The van der Waals surface area contributed by atoms with Crippen molar-refractivity contribution < 1.29 is 19.4 Å². The molecule has 0 aliphatic carbocycles. The molecule has 1 saturated heterocycles. The number of hydrogen-bond acceptors (Lipinski definition) is 7. The number of nitrogens with zero attached hydrogens (tertiary/aromatic N) is 2. The Morgan fingerprint density at radius 2 is 1.56 bits per heavy atom. The maximum absolute atomic E-state index is 12.3. The van der Waals surface area contributed by atoms with Crippen LogP contribution in [0, 0.1) is 0 Å². The van der Waals surface area contributed by atoms with Crippen LogP contribution in [0.1, 0.15) is 46.6 Å². The number of aliphatic hydroxyl groups is 1. The molecule has 6 rings (SSSR count). The summed E-state index contributed by atoms with van der Waals surface area (Å²) in [6, 6.07) is 33.9. The van der Waals surface area contributed by atoms with Gasteiger partial charge in [-0.3, -0.25) is 5.10 Å². The number of thioether (sulfide) groups is 1. The van der Waals surface area contributed by atoms with E-state index in [4.69, 9.17) is 9.47 Å². The molecule has 2 amide bonds. The number of carbonyl (C=O) groups excluding carboxylic acids is 1. The number of aromatic nitrogens is 3. The molecule has 0 radical (unpaired) electrons. The maximum atomic E-state index is 12.3. The highest BCUT2D eigenvalue weighted by Crippen LogP contribution is 2.39. The van der Waals surface area contributed by atoms with Crippen molar-refractivity contribution in [3.8, 4) is 11.1 Å². The van der Waals surface area contributed by atoms with Crippen molar-refractivity contribution in [2.24, 2.45) is 0 Å².